The van der Waals surface area contributed by atoms with Crippen molar-refractivity contribution in [2.24, 2.45) is 0 Å². The molecular formula is C8H11CoKO4. The van der Waals surface area contributed by atoms with E-state index in [2.05, 4.69) is 13.2 Å². The molecule has 0 aromatic carbocycles. The van der Waals surface area contributed by atoms with Gasteiger partial charge in [-0.05, 0) is 25.0 Å². The third-order valence-corrected chi connectivity index (χ3v) is 0.697. The van der Waals surface area contributed by atoms with Crippen molar-refractivity contribution in [1.29, 1.82) is 0 Å². The molecule has 77 valence electrons. The Morgan fingerprint density at radius 2 is 1.00 bits per heavy atom. The Balaban J connectivity index is -0.0000000625. The Morgan fingerprint density at radius 3 is 1.00 bits per heavy atom. The van der Waals surface area contributed by atoms with Crippen LogP contribution < -0.4 is 10.2 Å². The summed E-state index contributed by atoms with van der Waals surface area (Å²) in [5.41, 5.74) is 0.130. The summed E-state index contributed by atoms with van der Waals surface area (Å²) < 4.78 is 0. The van der Waals surface area contributed by atoms with Gasteiger partial charge in [0, 0.05) is 0 Å². The van der Waals surface area contributed by atoms with Crippen LogP contribution in [0.5, 0.6) is 0 Å². The van der Waals surface area contributed by atoms with Crippen molar-refractivity contribution in [3.63, 3.8) is 0 Å². The molecular weight excluding hydrogens is 258 g/mol. The Labute approximate surface area is 136 Å². The van der Waals surface area contributed by atoms with Crippen molar-refractivity contribution in [3.8, 4) is 0 Å². The van der Waals surface area contributed by atoms with E-state index in [9.17, 15) is 19.8 Å². The van der Waals surface area contributed by atoms with Gasteiger partial charge in [0.2, 0.25) is 0 Å². The van der Waals surface area contributed by atoms with Gasteiger partial charge in [0.1, 0.15) is 0 Å². The molecule has 0 aromatic heterocycles. The molecule has 0 aromatic rings. The molecule has 0 saturated heterocycles. The topological polar surface area (TPSA) is 80.3 Å². The van der Waals surface area contributed by atoms with E-state index < -0.39 is 11.9 Å². The van der Waals surface area contributed by atoms with Gasteiger partial charge in [-0.3, -0.25) is 0 Å². The molecule has 0 saturated carbocycles. The summed E-state index contributed by atoms with van der Waals surface area (Å²) in [7, 11) is 0. The molecule has 0 rings (SSSR count). The molecule has 14 heavy (non-hydrogen) atoms. The van der Waals surface area contributed by atoms with Crippen LogP contribution in [0, 0.1) is 0 Å². The van der Waals surface area contributed by atoms with E-state index in [1.807, 2.05) is 0 Å². The van der Waals surface area contributed by atoms with Gasteiger partial charge >= 0.3 is 68.2 Å². The van der Waals surface area contributed by atoms with Gasteiger partial charge in [0.25, 0.3) is 0 Å². The molecule has 0 fully saturated rings. The van der Waals surface area contributed by atoms with E-state index in [-0.39, 0.29) is 79.3 Å². The number of carbonyl (C=O) groups excluding carboxylic acids is 2. The third kappa shape index (κ3) is 22.9. The van der Waals surface area contributed by atoms with Crippen molar-refractivity contribution in [2.45, 2.75) is 13.8 Å². The summed E-state index contributed by atoms with van der Waals surface area (Å²) in [5.74, 6) is -2.37. The SMILES string of the molecule is C=C(C)C(=O)[O-].C=C(C)C(=O)[O-].[Co+2].[KH]. The second kappa shape index (κ2) is 13.6. The Morgan fingerprint density at radius 1 is 0.929 bits per heavy atom. The number of carboxylic acid groups (broad SMARTS) is 2. The Kier molecular flexibility index (Phi) is 23.3. The van der Waals surface area contributed by atoms with Crippen molar-refractivity contribution < 1.29 is 36.6 Å². The van der Waals surface area contributed by atoms with Crippen molar-refractivity contribution >= 4 is 63.3 Å². The molecule has 0 unspecified atom stereocenters. The average molecular weight is 269 g/mol. The van der Waals surface area contributed by atoms with Crippen LogP contribution in [0.2, 0.25) is 0 Å². The van der Waals surface area contributed by atoms with Gasteiger partial charge in [-0.25, -0.2) is 0 Å². The molecule has 0 heterocycles. The molecule has 0 amide bonds. The van der Waals surface area contributed by atoms with Crippen LogP contribution in [0.15, 0.2) is 24.3 Å². The normalized spacial score (nSPS) is 6.43. The molecule has 0 atom stereocenters. The third-order valence-electron chi connectivity index (χ3n) is 0.697. The second-order valence-corrected chi connectivity index (χ2v) is 2.14. The number of carboxylic acids is 2. The van der Waals surface area contributed by atoms with Gasteiger partial charge in [-0.1, -0.05) is 13.2 Å². The van der Waals surface area contributed by atoms with Gasteiger partial charge in [-0.2, -0.15) is 0 Å². The van der Waals surface area contributed by atoms with Gasteiger partial charge in [0.15, 0.2) is 0 Å². The number of hydrogen-bond donors (Lipinski definition) is 0. The van der Waals surface area contributed by atoms with Gasteiger partial charge < -0.3 is 19.8 Å². The monoisotopic (exact) mass is 269 g/mol. The van der Waals surface area contributed by atoms with Gasteiger partial charge in [-0.15, -0.1) is 0 Å². The molecule has 0 spiro atoms. The van der Waals surface area contributed by atoms with E-state index in [1.165, 1.54) is 13.8 Å². The molecule has 4 nitrogen and oxygen atoms in total. The predicted molar refractivity (Wildman–Crippen MR) is 46.8 cm³/mol. The van der Waals surface area contributed by atoms with Gasteiger partial charge in [0.05, 0.1) is 11.9 Å². The van der Waals surface area contributed by atoms with E-state index in [1.54, 1.807) is 0 Å². The van der Waals surface area contributed by atoms with Crippen LogP contribution in [0.25, 0.3) is 0 Å². The first kappa shape index (κ1) is 24.0. The first-order valence-corrected chi connectivity index (χ1v) is 3.02. The predicted octanol–water partition coefficient (Wildman–Crippen LogP) is -2.03. The summed E-state index contributed by atoms with van der Waals surface area (Å²) in [6, 6.07) is 0. The summed E-state index contributed by atoms with van der Waals surface area (Å²) in [4.78, 5) is 19.0. The summed E-state index contributed by atoms with van der Waals surface area (Å²) in [6.07, 6.45) is 0. The van der Waals surface area contributed by atoms with Crippen molar-refractivity contribution in [3.05, 3.63) is 24.3 Å². The quantitative estimate of drug-likeness (QED) is 0.428. The Hall–Kier alpha value is 0.563. The first-order valence-electron chi connectivity index (χ1n) is 3.02. The maximum absolute atomic E-state index is 9.49. The fraction of sp³-hybridized carbons (Fsp3) is 0.250. The fourth-order valence-electron chi connectivity index (χ4n) is 0. The maximum atomic E-state index is 9.49. The molecule has 0 bridgehead atoms. The van der Waals surface area contributed by atoms with E-state index in [0.717, 1.165) is 0 Å². The minimum atomic E-state index is -1.19. The standard InChI is InChI=1S/2C4H6O2.Co.K.H/c2*1-3(2)4(5)6;;;/h2*1H2,2H3,(H,5,6);;;/q;;+2;;/p-2. The van der Waals surface area contributed by atoms with Crippen LogP contribution in [-0.2, 0) is 26.4 Å². The van der Waals surface area contributed by atoms with Crippen LogP contribution >= 0.6 is 0 Å². The zero-order valence-corrected chi connectivity index (χ0v) is 8.42. The average Bonchev–Trinajstić information content (AvgIpc) is 1.88. The van der Waals surface area contributed by atoms with E-state index in [0.29, 0.717) is 0 Å². The summed E-state index contributed by atoms with van der Waals surface area (Å²) in [6.45, 7) is 8.95. The Bertz CT molecular complexity index is 177. The van der Waals surface area contributed by atoms with Crippen LogP contribution in [0.3, 0.4) is 0 Å². The number of carbonyl (C=O) groups is 2. The number of rotatable bonds is 2. The summed E-state index contributed by atoms with van der Waals surface area (Å²) in [5, 5.41) is 19.0. The van der Waals surface area contributed by atoms with Crippen LogP contribution in [0.1, 0.15) is 13.8 Å². The first-order chi connectivity index (χ1) is 5.29. The number of aliphatic carboxylic acids is 2. The van der Waals surface area contributed by atoms with E-state index >= 15 is 0 Å². The zero-order valence-electron chi connectivity index (χ0n) is 7.38. The molecule has 0 aliphatic rings. The van der Waals surface area contributed by atoms with Crippen molar-refractivity contribution in [1.82, 2.24) is 0 Å². The molecule has 0 aliphatic heterocycles. The molecule has 6 heteroatoms. The van der Waals surface area contributed by atoms with Crippen LogP contribution in [-0.4, -0.2) is 63.3 Å². The van der Waals surface area contributed by atoms with Crippen molar-refractivity contribution in [2.75, 3.05) is 0 Å². The van der Waals surface area contributed by atoms with E-state index in [4.69, 9.17) is 0 Å². The second-order valence-electron chi connectivity index (χ2n) is 2.14. The fourth-order valence-corrected chi connectivity index (χ4v) is 0. The minimum absolute atomic E-state index is 0. The number of hydrogen-bond acceptors (Lipinski definition) is 4. The summed E-state index contributed by atoms with van der Waals surface area (Å²) >= 11 is 0. The molecule has 0 N–H and O–H groups in total. The molecule has 1 radical (unpaired) electrons. The zero-order chi connectivity index (χ0) is 10.3. The van der Waals surface area contributed by atoms with Crippen LogP contribution in [0.4, 0.5) is 0 Å². The molecule has 0 aliphatic carbocycles.